The Kier molecular flexibility index (Phi) is 4.98. The fraction of sp³-hybridized carbons (Fsp3) is 0.375. The van der Waals surface area contributed by atoms with Gasteiger partial charge in [-0.1, -0.05) is 31.5 Å². The van der Waals surface area contributed by atoms with Crippen LogP contribution in [0.2, 0.25) is 0 Å². The second-order valence-electron chi connectivity index (χ2n) is 5.00. The van der Waals surface area contributed by atoms with Gasteiger partial charge in [-0.15, -0.1) is 0 Å². The summed E-state index contributed by atoms with van der Waals surface area (Å²) < 4.78 is 5.77. The summed E-state index contributed by atoms with van der Waals surface area (Å²) >= 11 is 0. The van der Waals surface area contributed by atoms with Crippen LogP contribution in [0, 0.1) is 6.92 Å². The van der Waals surface area contributed by atoms with E-state index < -0.39 is 5.69 Å². The first kappa shape index (κ1) is 15.1. The van der Waals surface area contributed by atoms with Crippen LogP contribution in [0.4, 0.5) is 0 Å². The number of ether oxygens (including phenoxy) is 1. The molecule has 1 aromatic heterocycles. The fourth-order valence-electron chi connectivity index (χ4n) is 2.15. The minimum atomic E-state index is -0.478. The van der Waals surface area contributed by atoms with Crippen molar-refractivity contribution in [1.82, 2.24) is 9.97 Å². The van der Waals surface area contributed by atoms with Crippen LogP contribution in [0.15, 0.2) is 33.9 Å². The van der Waals surface area contributed by atoms with Crippen LogP contribution < -0.4 is 16.0 Å². The van der Waals surface area contributed by atoms with E-state index in [1.54, 1.807) is 6.92 Å². The molecule has 0 saturated carbocycles. The van der Waals surface area contributed by atoms with E-state index in [1.165, 1.54) is 0 Å². The van der Waals surface area contributed by atoms with Gasteiger partial charge in [0, 0.05) is 17.7 Å². The standard InChI is InChI=1S/C16H20N2O3/c1-3-4-9-21-14-8-6-5-7-12(14)10-13-11(2)17-16(20)18-15(13)19/h5-8H,3-4,9-10H2,1-2H3,(H2,17,18,19,20). The van der Waals surface area contributed by atoms with Crippen LogP contribution in [-0.4, -0.2) is 16.6 Å². The molecule has 1 aromatic carbocycles. The first-order chi connectivity index (χ1) is 10.1. The summed E-state index contributed by atoms with van der Waals surface area (Å²) in [6.45, 7) is 4.50. The number of unbranched alkanes of at least 4 members (excludes halogenated alkanes) is 1. The van der Waals surface area contributed by atoms with Crippen molar-refractivity contribution >= 4 is 0 Å². The van der Waals surface area contributed by atoms with Crippen molar-refractivity contribution in [2.24, 2.45) is 0 Å². The zero-order valence-electron chi connectivity index (χ0n) is 12.4. The van der Waals surface area contributed by atoms with Gasteiger partial charge in [0.25, 0.3) is 5.56 Å². The number of nitrogens with one attached hydrogen (secondary N) is 2. The third kappa shape index (κ3) is 3.84. The molecule has 0 bridgehead atoms. The van der Waals surface area contributed by atoms with Gasteiger partial charge in [0.1, 0.15) is 5.75 Å². The fourth-order valence-corrected chi connectivity index (χ4v) is 2.15. The van der Waals surface area contributed by atoms with Crippen LogP contribution in [0.5, 0.6) is 5.75 Å². The molecule has 0 amide bonds. The maximum Gasteiger partial charge on any atom is 0.325 e. The lowest BCUT2D eigenvalue weighted by atomic mass is 10.0. The topological polar surface area (TPSA) is 75.0 Å². The number of hydrogen-bond acceptors (Lipinski definition) is 3. The quantitative estimate of drug-likeness (QED) is 0.800. The van der Waals surface area contributed by atoms with E-state index in [-0.39, 0.29) is 5.56 Å². The van der Waals surface area contributed by atoms with Crippen molar-refractivity contribution in [3.05, 3.63) is 61.9 Å². The molecular weight excluding hydrogens is 268 g/mol. The molecule has 0 aliphatic carbocycles. The van der Waals surface area contributed by atoms with E-state index in [0.29, 0.717) is 24.3 Å². The van der Waals surface area contributed by atoms with Gasteiger partial charge in [0.15, 0.2) is 0 Å². The minimum absolute atomic E-state index is 0.348. The summed E-state index contributed by atoms with van der Waals surface area (Å²) in [6.07, 6.45) is 2.49. The highest BCUT2D eigenvalue weighted by atomic mass is 16.5. The summed E-state index contributed by atoms with van der Waals surface area (Å²) in [5.41, 5.74) is 1.26. The molecule has 5 nitrogen and oxygen atoms in total. The average molecular weight is 288 g/mol. The lowest BCUT2D eigenvalue weighted by molar-refractivity contribution is 0.306. The molecule has 0 atom stereocenters. The summed E-state index contributed by atoms with van der Waals surface area (Å²) in [6, 6.07) is 7.66. The first-order valence-corrected chi connectivity index (χ1v) is 7.14. The smallest absolute Gasteiger partial charge is 0.325 e. The van der Waals surface area contributed by atoms with Gasteiger partial charge in [0.2, 0.25) is 0 Å². The highest BCUT2D eigenvalue weighted by Gasteiger charge is 2.10. The average Bonchev–Trinajstić information content (AvgIpc) is 2.44. The number of aromatic amines is 2. The largest absolute Gasteiger partial charge is 0.493 e. The van der Waals surface area contributed by atoms with Crippen molar-refractivity contribution in [2.75, 3.05) is 6.61 Å². The zero-order valence-corrected chi connectivity index (χ0v) is 12.4. The molecule has 0 saturated heterocycles. The Hall–Kier alpha value is -2.30. The maximum atomic E-state index is 11.9. The molecule has 1 heterocycles. The third-order valence-corrected chi connectivity index (χ3v) is 3.35. The summed E-state index contributed by atoms with van der Waals surface area (Å²) in [4.78, 5) is 28.0. The second-order valence-corrected chi connectivity index (χ2v) is 5.00. The molecule has 21 heavy (non-hydrogen) atoms. The summed E-state index contributed by atoms with van der Waals surface area (Å²) in [5, 5.41) is 0. The summed E-state index contributed by atoms with van der Waals surface area (Å²) in [7, 11) is 0. The molecular formula is C16H20N2O3. The van der Waals surface area contributed by atoms with Crippen LogP contribution in [-0.2, 0) is 6.42 Å². The lowest BCUT2D eigenvalue weighted by Gasteiger charge is -2.11. The van der Waals surface area contributed by atoms with E-state index in [9.17, 15) is 9.59 Å². The Morgan fingerprint density at radius 2 is 1.90 bits per heavy atom. The Balaban J connectivity index is 2.28. The first-order valence-electron chi connectivity index (χ1n) is 7.14. The summed E-state index contributed by atoms with van der Waals surface area (Å²) in [5.74, 6) is 0.788. The number of benzene rings is 1. The van der Waals surface area contributed by atoms with Gasteiger partial charge in [-0.05, 0) is 25.0 Å². The lowest BCUT2D eigenvalue weighted by Crippen LogP contribution is -2.27. The van der Waals surface area contributed by atoms with Crippen molar-refractivity contribution in [3.8, 4) is 5.75 Å². The Morgan fingerprint density at radius 3 is 2.62 bits per heavy atom. The Bertz CT molecular complexity index is 716. The SMILES string of the molecule is CCCCOc1ccccc1Cc1c(C)[nH]c(=O)[nH]c1=O. The normalized spacial score (nSPS) is 10.6. The van der Waals surface area contributed by atoms with Gasteiger partial charge < -0.3 is 9.72 Å². The van der Waals surface area contributed by atoms with Crippen LogP contribution >= 0.6 is 0 Å². The minimum Gasteiger partial charge on any atom is -0.493 e. The van der Waals surface area contributed by atoms with Crippen molar-refractivity contribution in [3.63, 3.8) is 0 Å². The van der Waals surface area contributed by atoms with Gasteiger partial charge in [-0.3, -0.25) is 9.78 Å². The highest BCUT2D eigenvalue weighted by molar-refractivity contribution is 5.37. The molecule has 0 unspecified atom stereocenters. The number of aryl methyl sites for hydroxylation is 1. The molecule has 2 aromatic rings. The van der Waals surface area contributed by atoms with E-state index in [4.69, 9.17) is 4.74 Å². The maximum absolute atomic E-state index is 11.9. The third-order valence-electron chi connectivity index (χ3n) is 3.35. The molecule has 5 heteroatoms. The Labute approximate surface area is 123 Å². The number of para-hydroxylation sites is 1. The van der Waals surface area contributed by atoms with E-state index in [2.05, 4.69) is 16.9 Å². The van der Waals surface area contributed by atoms with Gasteiger partial charge in [0.05, 0.1) is 6.61 Å². The Morgan fingerprint density at radius 1 is 1.14 bits per heavy atom. The molecule has 2 N–H and O–H groups in total. The molecule has 0 spiro atoms. The van der Waals surface area contributed by atoms with E-state index >= 15 is 0 Å². The number of hydrogen-bond donors (Lipinski definition) is 2. The number of aromatic nitrogens is 2. The number of H-pyrrole nitrogens is 2. The molecule has 112 valence electrons. The van der Waals surface area contributed by atoms with Crippen molar-refractivity contribution < 1.29 is 4.74 Å². The highest BCUT2D eigenvalue weighted by Crippen LogP contribution is 2.21. The second kappa shape index (κ2) is 6.92. The van der Waals surface area contributed by atoms with Crippen LogP contribution in [0.3, 0.4) is 0 Å². The molecule has 0 radical (unpaired) electrons. The predicted octanol–water partition coefficient (Wildman–Crippen LogP) is 2.14. The molecule has 2 rings (SSSR count). The van der Waals surface area contributed by atoms with E-state index in [0.717, 1.165) is 24.2 Å². The van der Waals surface area contributed by atoms with Crippen LogP contribution in [0.25, 0.3) is 0 Å². The van der Waals surface area contributed by atoms with Crippen molar-refractivity contribution in [1.29, 1.82) is 0 Å². The predicted molar refractivity (Wildman–Crippen MR) is 82.1 cm³/mol. The monoisotopic (exact) mass is 288 g/mol. The van der Waals surface area contributed by atoms with E-state index in [1.807, 2.05) is 24.3 Å². The van der Waals surface area contributed by atoms with Crippen LogP contribution in [0.1, 0.15) is 36.6 Å². The van der Waals surface area contributed by atoms with Gasteiger partial charge in [-0.25, -0.2) is 4.79 Å². The molecule has 0 aliphatic rings. The molecule has 0 fully saturated rings. The molecule has 0 aliphatic heterocycles. The number of rotatable bonds is 6. The van der Waals surface area contributed by atoms with Gasteiger partial charge in [-0.2, -0.15) is 0 Å². The van der Waals surface area contributed by atoms with Gasteiger partial charge >= 0.3 is 5.69 Å². The zero-order chi connectivity index (χ0) is 15.2. The van der Waals surface area contributed by atoms with Crippen molar-refractivity contribution in [2.45, 2.75) is 33.1 Å².